The van der Waals surface area contributed by atoms with Crippen molar-refractivity contribution in [1.29, 1.82) is 0 Å². The van der Waals surface area contributed by atoms with Gasteiger partial charge in [-0.3, -0.25) is 9.88 Å². The van der Waals surface area contributed by atoms with E-state index in [4.69, 9.17) is 4.98 Å². The van der Waals surface area contributed by atoms with Crippen molar-refractivity contribution in [2.24, 2.45) is 0 Å². The number of rotatable bonds is 6. The summed E-state index contributed by atoms with van der Waals surface area (Å²) < 4.78 is 0. The average molecular weight is 290 g/mol. The zero-order valence-corrected chi connectivity index (χ0v) is 14.0. The van der Waals surface area contributed by atoms with Gasteiger partial charge in [-0.1, -0.05) is 19.9 Å². The molecule has 1 unspecified atom stereocenters. The highest BCUT2D eigenvalue weighted by molar-refractivity contribution is 5.11. The standard InChI is InChI=1S/C17H30N4/c1-14(2)18-11-15-7-5-8-16(19-15)12-21-10-6-9-17(13-21)20(3)4/h5,7-8,14,17-18H,6,9-13H2,1-4H3. The van der Waals surface area contributed by atoms with Gasteiger partial charge in [0.2, 0.25) is 0 Å². The lowest BCUT2D eigenvalue weighted by Crippen LogP contribution is -2.44. The molecule has 1 aliphatic heterocycles. The van der Waals surface area contributed by atoms with Crippen molar-refractivity contribution < 1.29 is 0 Å². The second kappa shape index (κ2) is 7.87. The topological polar surface area (TPSA) is 31.4 Å². The highest BCUT2D eigenvalue weighted by Gasteiger charge is 2.21. The molecule has 1 aromatic rings. The smallest absolute Gasteiger partial charge is 0.0547 e. The summed E-state index contributed by atoms with van der Waals surface area (Å²) >= 11 is 0. The van der Waals surface area contributed by atoms with Gasteiger partial charge in [0, 0.05) is 31.7 Å². The fourth-order valence-corrected chi connectivity index (χ4v) is 2.85. The Balaban J connectivity index is 1.91. The van der Waals surface area contributed by atoms with Crippen LogP contribution >= 0.6 is 0 Å². The van der Waals surface area contributed by atoms with Gasteiger partial charge >= 0.3 is 0 Å². The molecule has 0 radical (unpaired) electrons. The Morgan fingerprint density at radius 2 is 2.10 bits per heavy atom. The molecule has 4 nitrogen and oxygen atoms in total. The zero-order valence-electron chi connectivity index (χ0n) is 14.0. The summed E-state index contributed by atoms with van der Waals surface area (Å²) in [5.74, 6) is 0. The molecule has 0 amide bonds. The lowest BCUT2D eigenvalue weighted by atomic mass is 10.0. The normalized spacial score (nSPS) is 20.4. The number of pyridine rings is 1. The largest absolute Gasteiger partial charge is 0.309 e. The van der Waals surface area contributed by atoms with Crippen LogP contribution in [0.5, 0.6) is 0 Å². The van der Waals surface area contributed by atoms with E-state index in [1.54, 1.807) is 0 Å². The van der Waals surface area contributed by atoms with Crippen LogP contribution in [0.2, 0.25) is 0 Å². The predicted octanol–water partition coefficient (Wildman–Crippen LogP) is 2.11. The van der Waals surface area contributed by atoms with Gasteiger partial charge in [0.05, 0.1) is 11.4 Å². The molecule has 4 heteroatoms. The van der Waals surface area contributed by atoms with Crippen LogP contribution in [0.3, 0.4) is 0 Å². The maximum Gasteiger partial charge on any atom is 0.0547 e. The molecule has 0 saturated carbocycles. The monoisotopic (exact) mass is 290 g/mol. The van der Waals surface area contributed by atoms with Crippen molar-refractivity contribution in [2.75, 3.05) is 27.2 Å². The van der Waals surface area contributed by atoms with E-state index >= 15 is 0 Å². The van der Waals surface area contributed by atoms with Gasteiger partial charge in [0.1, 0.15) is 0 Å². The number of nitrogens with one attached hydrogen (secondary N) is 1. The van der Waals surface area contributed by atoms with Gasteiger partial charge in [-0.05, 0) is 45.6 Å². The van der Waals surface area contributed by atoms with E-state index in [-0.39, 0.29) is 0 Å². The number of hydrogen-bond acceptors (Lipinski definition) is 4. The molecule has 2 rings (SSSR count). The van der Waals surface area contributed by atoms with Crippen molar-refractivity contribution >= 4 is 0 Å². The summed E-state index contributed by atoms with van der Waals surface area (Å²) in [6.07, 6.45) is 2.60. The van der Waals surface area contributed by atoms with Crippen LogP contribution in [0.4, 0.5) is 0 Å². The number of piperidine rings is 1. The molecule has 1 fully saturated rings. The van der Waals surface area contributed by atoms with Gasteiger partial charge in [-0.2, -0.15) is 0 Å². The Morgan fingerprint density at radius 3 is 2.81 bits per heavy atom. The van der Waals surface area contributed by atoms with Crippen LogP contribution < -0.4 is 5.32 Å². The minimum absolute atomic E-state index is 0.499. The molecule has 1 aromatic heterocycles. The molecule has 118 valence electrons. The third kappa shape index (κ3) is 5.38. The Labute approximate surface area is 129 Å². The van der Waals surface area contributed by atoms with E-state index in [1.165, 1.54) is 25.1 Å². The molecular weight excluding hydrogens is 260 g/mol. The summed E-state index contributed by atoms with van der Waals surface area (Å²) in [7, 11) is 4.37. The minimum atomic E-state index is 0.499. The third-order valence-corrected chi connectivity index (χ3v) is 4.15. The lowest BCUT2D eigenvalue weighted by Gasteiger charge is -2.35. The van der Waals surface area contributed by atoms with Crippen LogP contribution in [-0.2, 0) is 13.1 Å². The van der Waals surface area contributed by atoms with E-state index in [0.717, 1.165) is 25.3 Å². The van der Waals surface area contributed by atoms with Crippen LogP contribution in [0.1, 0.15) is 38.1 Å². The third-order valence-electron chi connectivity index (χ3n) is 4.15. The fraction of sp³-hybridized carbons (Fsp3) is 0.706. The van der Waals surface area contributed by atoms with E-state index in [2.05, 4.69) is 61.3 Å². The molecule has 21 heavy (non-hydrogen) atoms. The molecule has 1 atom stereocenters. The molecular formula is C17H30N4. The van der Waals surface area contributed by atoms with E-state index in [9.17, 15) is 0 Å². The van der Waals surface area contributed by atoms with Crippen molar-refractivity contribution in [3.8, 4) is 0 Å². The van der Waals surface area contributed by atoms with Crippen molar-refractivity contribution in [3.05, 3.63) is 29.6 Å². The number of aromatic nitrogens is 1. The zero-order chi connectivity index (χ0) is 15.2. The Kier molecular flexibility index (Phi) is 6.15. The van der Waals surface area contributed by atoms with Crippen LogP contribution in [0, 0.1) is 0 Å². The number of likely N-dealkylation sites (tertiary alicyclic amines) is 1. The first-order chi connectivity index (χ1) is 10.0. The number of likely N-dealkylation sites (N-methyl/N-ethyl adjacent to an activating group) is 1. The number of hydrogen-bond donors (Lipinski definition) is 1. The Morgan fingerprint density at radius 1 is 1.33 bits per heavy atom. The molecule has 1 aliphatic rings. The number of nitrogens with zero attached hydrogens (tertiary/aromatic N) is 3. The maximum absolute atomic E-state index is 4.79. The highest BCUT2D eigenvalue weighted by Crippen LogP contribution is 2.15. The molecule has 0 bridgehead atoms. The molecule has 2 heterocycles. The summed E-state index contributed by atoms with van der Waals surface area (Å²) in [5, 5.41) is 3.43. The molecule has 1 saturated heterocycles. The predicted molar refractivity (Wildman–Crippen MR) is 88.2 cm³/mol. The Bertz CT molecular complexity index is 431. The fourth-order valence-electron chi connectivity index (χ4n) is 2.85. The van der Waals surface area contributed by atoms with E-state index < -0.39 is 0 Å². The van der Waals surface area contributed by atoms with Gasteiger partial charge in [-0.15, -0.1) is 0 Å². The second-order valence-electron chi connectivity index (χ2n) is 6.65. The highest BCUT2D eigenvalue weighted by atomic mass is 15.2. The van der Waals surface area contributed by atoms with Gasteiger partial charge in [0.15, 0.2) is 0 Å². The van der Waals surface area contributed by atoms with Crippen LogP contribution in [-0.4, -0.2) is 54.1 Å². The molecule has 1 N–H and O–H groups in total. The van der Waals surface area contributed by atoms with Gasteiger partial charge in [-0.25, -0.2) is 0 Å². The lowest BCUT2D eigenvalue weighted by molar-refractivity contribution is 0.127. The first-order valence-electron chi connectivity index (χ1n) is 8.11. The van der Waals surface area contributed by atoms with Gasteiger partial charge in [0.25, 0.3) is 0 Å². The van der Waals surface area contributed by atoms with E-state index in [0.29, 0.717) is 12.1 Å². The minimum Gasteiger partial charge on any atom is -0.309 e. The Hall–Kier alpha value is -0.970. The van der Waals surface area contributed by atoms with Crippen molar-refractivity contribution in [3.63, 3.8) is 0 Å². The van der Waals surface area contributed by atoms with Crippen molar-refractivity contribution in [2.45, 2.75) is 51.9 Å². The molecule has 0 aliphatic carbocycles. The molecule has 0 spiro atoms. The first kappa shape index (κ1) is 16.4. The van der Waals surface area contributed by atoms with E-state index in [1.807, 2.05) is 0 Å². The van der Waals surface area contributed by atoms with Crippen molar-refractivity contribution in [1.82, 2.24) is 20.1 Å². The molecule has 0 aromatic carbocycles. The summed E-state index contributed by atoms with van der Waals surface area (Å²) in [6, 6.07) is 7.58. The first-order valence-corrected chi connectivity index (χ1v) is 8.11. The quantitative estimate of drug-likeness (QED) is 0.869. The average Bonchev–Trinajstić information content (AvgIpc) is 2.46. The van der Waals surface area contributed by atoms with Gasteiger partial charge < -0.3 is 10.2 Å². The maximum atomic E-state index is 4.79. The summed E-state index contributed by atoms with van der Waals surface area (Å²) in [6.45, 7) is 8.51. The SMILES string of the molecule is CC(C)NCc1cccc(CN2CCCC(N(C)C)C2)n1. The summed E-state index contributed by atoms with van der Waals surface area (Å²) in [5.41, 5.74) is 2.33. The van der Waals surface area contributed by atoms with Crippen LogP contribution in [0.25, 0.3) is 0 Å². The van der Waals surface area contributed by atoms with Crippen LogP contribution in [0.15, 0.2) is 18.2 Å². The second-order valence-corrected chi connectivity index (χ2v) is 6.65. The summed E-state index contributed by atoms with van der Waals surface area (Å²) in [4.78, 5) is 9.68.